The summed E-state index contributed by atoms with van der Waals surface area (Å²) in [5.74, 6) is 0. The fraction of sp³-hybridized carbons (Fsp3) is 0.400. The molecule has 13 heavy (non-hydrogen) atoms. The normalized spacial score (nSPS) is 21.2. The van der Waals surface area contributed by atoms with Crippen molar-refractivity contribution in [1.82, 2.24) is 5.32 Å². The van der Waals surface area contributed by atoms with Crippen molar-refractivity contribution < 1.29 is 0 Å². The third-order valence-corrected chi connectivity index (χ3v) is 2.69. The standard InChI is InChI=1S/C10H15N3/c1-6-10-7(4-5-13-6)8(11)2-3-9(10)12/h2-3,6,13H,4-5,11-12H2,1H3. The molecular formula is C10H15N3. The molecule has 1 aromatic carbocycles. The SMILES string of the molecule is CC1NCCc2c(N)ccc(N)c21. The third-order valence-electron chi connectivity index (χ3n) is 2.69. The maximum atomic E-state index is 5.91. The van der Waals surface area contributed by atoms with E-state index in [-0.39, 0.29) is 0 Å². The second-order valence-electron chi connectivity index (χ2n) is 3.56. The van der Waals surface area contributed by atoms with Crippen LogP contribution in [0.5, 0.6) is 0 Å². The number of anilines is 2. The average Bonchev–Trinajstić information content (AvgIpc) is 2.12. The van der Waals surface area contributed by atoms with E-state index in [2.05, 4.69) is 12.2 Å². The first kappa shape index (κ1) is 8.38. The van der Waals surface area contributed by atoms with Gasteiger partial charge < -0.3 is 16.8 Å². The Balaban J connectivity index is 2.60. The summed E-state index contributed by atoms with van der Waals surface area (Å²) in [5.41, 5.74) is 15.9. The molecule has 1 heterocycles. The van der Waals surface area contributed by atoms with Crippen molar-refractivity contribution in [2.75, 3.05) is 18.0 Å². The van der Waals surface area contributed by atoms with E-state index in [0.717, 1.165) is 24.3 Å². The molecule has 0 spiro atoms. The highest BCUT2D eigenvalue weighted by Gasteiger charge is 2.19. The molecule has 5 N–H and O–H groups in total. The average molecular weight is 177 g/mol. The van der Waals surface area contributed by atoms with Crippen molar-refractivity contribution in [2.24, 2.45) is 0 Å². The molecule has 70 valence electrons. The minimum atomic E-state index is 0.326. The largest absolute Gasteiger partial charge is 0.398 e. The van der Waals surface area contributed by atoms with E-state index >= 15 is 0 Å². The van der Waals surface area contributed by atoms with E-state index in [0.29, 0.717) is 6.04 Å². The van der Waals surface area contributed by atoms with E-state index in [1.54, 1.807) is 0 Å². The van der Waals surface area contributed by atoms with Gasteiger partial charge in [0.2, 0.25) is 0 Å². The molecule has 0 bridgehead atoms. The quantitative estimate of drug-likeness (QED) is 0.519. The van der Waals surface area contributed by atoms with Gasteiger partial charge in [-0.05, 0) is 43.1 Å². The summed E-state index contributed by atoms with van der Waals surface area (Å²) >= 11 is 0. The molecule has 3 nitrogen and oxygen atoms in total. The fourth-order valence-electron chi connectivity index (χ4n) is 2.01. The predicted octanol–water partition coefficient (Wildman–Crippen LogP) is 1.06. The molecule has 3 heteroatoms. The molecule has 0 radical (unpaired) electrons. The summed E-state index contributed by atoms with van der Waals surface area (Å²) in [5, 5.41) is 3.37. The van der Waals surface area contributed by atoms with Crippen LogP contribution in [0.3, 0.4) is 0 Å². The van der Waals surface area contributed by atoms with Crippen molar-refractivity contribution in [2.45, 2.75) is 19.4 Å². The Morgan fingerprint density at radius 3 is 2.69 bits per heavy atom. The number of fused-ring (bicyclic) bond motifs is 1. The van der Waals surface area contributed by atoms with Crippen LogP contribution in [-0.2, 0) is 6.42 Å². The Labute approximate surface area is 78.1 Å². The lowest BCUT2D eigenvalue weighted by molar-refractivity contribution is 0.543. The van der Waals surface area contributed by atoms with Gasteiger partial charge in [0.25, 0.3) is 0 Å². The number of hydrogen-bond donors (Lipinski definition) is 3. The molecule has 1 unspecified atom stereocenters. The van der Waals surface area contributed by atoms with Crippen molar-refractivity contribution in [3.63, 3.8) is 0 Å². The fourth-order valence-corrected chi connectivity index (χ4v) is 2.01. The maximum Gasteiger partial charge on any atom is 0.0366 e. The van der Waals surface area contributed by atoms with E-state index in [1.165, 1.54) is 11.1 Å². The molecule has 0 saturated carbocycles. The van der Waals surface area contributed by atoms with E-state index in [9.17, 15) is 0 Å². The summed E-state index contributed by atoms with van der Waals surface area (Å²) in [6, 6.07) is 4.11. The van der Waals surface area contributed by atoms with Gasteiger partial charge in [0.15, 0.2) is 0 Å². The summed E-state index contributed by atoms with van der Waals surface area (Å²) < 4.78 is 0. The van der Waals surface area contributed by atoms with Crippen molar-refractivity contribution in [3.05, 3.63) is 23.3 Å². The Morgan fingerprint density at radius 1 is 1.31 bits per heavy atom. The van der Waals surface area contributed by atoms with Crippen LogP contribution in [-0.4, -0.2) is 6.54 Å². The van der Waals surface area contributed by atoms with E-state index in [1.807, 2.05) is 12.1 Å². The molecule has 0 aromatic heterocycles. The highest BCUT2D eigenvalue weighted by atomic mass is 14.9. The van der Waals surface area contributed by atoms with Gasteiger partial charge in [0.05, 0.1) is 0 Å². The zero-order valence-corrected chi connectivity index (χ0v) is 7.80. The second kappa shape index (κ2) is 2.92. The van der Waals surface area contributed by atoms with Crippen LogP contribution in [0, 0.1) is 0 Å². The zero-order chi connectivity index (χ0) is 9.42. The Bertz CT molecular complexity index is 333. The molecule has 0 fully saturated rings. The lowest BCUT2D eigenvalue weighted by Crippen LogP contribution is -2.29. The first-order valence-corrected chi connectivity index (χ1v) is 4.60. The Hall–Kier alpha value is -1.22. The van der Waals surface area contributed by atoms with Gasteiger partial charge in [-0.25, -0.2) is 0 Å². The first-order valence-electron chi connectivity index (χ1n) is 4.60. The van der Waals surface area contributed by atoms with Crippen LogP contribution < -0.4 is 16.8 Å². The zero-order valence-electron chi connectivity index (χ0n) is 7.80. The van der Waals surface area contributed by atoms with E-state index in [4.69, 9.17) is 11.5 Å². The monoisotopic (exact) mass is 177 g/mol. The van der Waals surface area contributed by atoms with Crippen molar-refractivity contribution in [3.8, 4) is 0 Å². The van der Waals surface area contributed by atoms with Gasteiger partial charge in [0.1, 0.15) is 0 Å². The van der Waals surface area contributed by atoms with Gasteiger partial charge in [-0.15, -0.1) is 0 Å². The van der Waals surface area contributed by atoms with Crippen molar-refractivity contribution >= 4 is 11.4 Å². The third kappa shape index (κ3) is 1.25. The highest BCUT2D eigenvalue weighted by Crippen LogP contribution is 2.31. The summed E-state index contributed by atoms with van der Waals surface area (Å²) in [6.45, 7) is 3.11. The van der Waals surface area contributed by atoms with Gasteiger partial charge in [-0.3, -0.25) is 0 Å². The summed E-state index contributed by atoms with van der Waals surface area (Å²) in [6.07, 6.45) is 0.983. The molecule has 1 atom stereocenters. The second-order valence-corrected chi connectivity index (χ2v) is 3.56. The smallest absolute Gasteiger partial charge is 0.0366 e. The minimum absolute atomic E-state index is 0.326. The minimum Gasteiger partial charge on any atom is -0.398 e. The topological polar surface area (TPSA) is 64.1 Å². The molecule has 1 aromatic rings. The van der Waals surface area contributed by atoms with Crippen LogP contribution in [0.25, 0.3) is 0 Å². The Morgan fingerprint density at radius 2 is 2.00 bits per heavy atom. The molecule has 1 aliphatic rings. The Kier molecular flexibility index (Phi) is 1.88. The molecule has 1 aliphatic heterocycles. The number of nitrogen functional groups attached to an aromatic ring is 2. The number of nitrogens with one attached hydrogen (secondary N) is 1. The molecule has 0 amide bonds. The van der Waals surface area contributed by atoms with Gasteiger partial charge in [0, 0.05) is 17.4 Å². The van der Waals surface area contributed by atoms with Gasteiger partial charge in [-0.1, -0.05) is 0 Å². The van der Waals surface area contributed by atoms with Crippen LogP contribution in [0.1, 0.15) is 24.1 Å². The molecule has 2 rings (SSSR count). The van der Waals surface area contributed by atoms with Crippen LogP contribution in [0.4, 0.5) is 11.4 Å². The van der Waals surface area contributed by atoms with Crippen LogP contribution in [0.15, 0.2) is 12.1 Å². The molecule has 0 saturated heterocycles. The summed E-state index contributed by atoms with van der Waals surface area (Å²) in [4.78, 5) is 0. The maximum absolute atomic E-state index is 5.91. The molecular weight excluding hydrogens is 162 g/mol. The van der Waals surface area contributed by atoms with Gasteiger partial charge >= 0.3 is 0 Å². The van der Waals surface area contributed by atoms with Crippen LogP contribution in [0.2, 0.25) is 0 Å². The lowest BCUT2D eigenvalue weighted by atomic mass is 9.92. The summed E-state index contributed by atoms with van der Waals surface area (Å²) in [7, 11) is 0. The first-order chi connectivity index (χ1) is 6.20. The number of benzene rings is 1. The van der Waals surface area contributed by atoms with Crippen LogP contribution >= 0.6 is 0 Å². The number of rotatable bonds is 0. The van der Waals surface area contributed by atoms with Gasteiger partial charge in [-0.2, -0.15) is 0 Å². The predicted molar refractivity (Wildman–Crippen MR) is 55.4 cm³/mol. The van der Waals surface area contributed by atoms with E-state index < -0.39 is 0 Å². The molecule has 0 aliphatic carbocycles. The number of hydrogen-bond acceptors (Lipinski definition) is 3. The van der Waals surface area contributed by atoms with Crippen molar-refractivity contribution in [1.29, 1.82) is 0 Å². The highest BCUT2D eigenvalue weighted by molar-refractivity contribution is 5.63. The number of nitrogens with two attached hydrogens (primary N) is 2. The lowest BCUT2D eigenvalue weighted by Gasteiger charge is -2.26.